The van der Waals surface area contributed by atoms with Gasteiger partial charge in [0.15, 0.2) is 0 Å². The Bertz CT molecular complexity index is 424. The molecule has 119 valence electrons. The molecule has 0 saturated carbocycles. The first kappa shape index (κ1) is 18.7. The van der Waals surface area contributed by atoms with Crippen molar-refractivity contribution in [1.82, 2.24) is 0 Å². The predicted octanol–water partition coefficient (Wildman–Crippen LogP) is 5.29. The summed E-state index contributed by atoms with van der Waals surface area (Å²) in [7, 11) is -1.99. The van der Waals surface area contributed by atoms with E-state index in [4.69, 9.17) is 11.6 Å². The molecule has 1 aromatic carbocycles. The Balaban J connectivity index is 3.58. The fourth-order valence-corrected chi connectivity index (χ4v) is 17.0. The number of rotatable bonds is 3. The van der Waals surface area contributed by atoms with Gasteiger partial charge >= 0.3 is 142 Å². The molecule has 0 spiro atoms. The predicted molar refractivity (Wildman–Crippen MR) is 92.9 cm³/mol. The van der Waals surface area contributed by atoms with E-state index in [0.29, 0.717) is 0 Å². The zero-order valence-electron chi connectivity index (χ0n) is 13.8. The minimum absolute atomic E-state index is 0.0537. The van der Waals surface area contributed by atoms with E-state index < -0.39 is 7.26 Å². The quantitative estimate of drug-likeness (QED) is 0.364. The zero-order chi connectivity index (χ0) is 15.8. The molecule has 1 aromatic rings. The molecule has 20 heavy (non-hydrogen) atoms. The van der Waals surface area contributed by atoms with Crippen LogP contribution in [-0.4, -0.2) is 13.9 Å². The van der Waals surface area contributed by atoms with Gasteiger partial charge in [0.1, 0.15) is 0 Å². The monoisotopic (exact) mass is 405 g/mol. The molecule has 0 saturated heterocycles. The summed E-state index contributed by atoms with van der Waals surface area (Å²) in [4.78, 5) is 0. The Morgan fingerprint density at radius 2 is 1.40 bits per heavy atom. The fraction of sp³-hybridized carbons (Fsp3) is 0.647. The van der Waals surface area contributed by atoms with E-state index in [1.165, 1.54) is 10.9 Å². The van der Waals surface area contributed by atoms with Crippen LogP contribution in [0.25, 0.3) is 0 Å². The molecule has 3 heteroatoms. The molecule has 1 rings (SSSR count). The van der Waals surface area contributed by atoms with Crippen LogP contribution in [0.2, 0.25) is 0 Å². The molecule has 0 aliphatic carbocycles. The third-order valence-electron chi connectivity index (χ3n) is 4.48. The van der Waals surface area contributed by atoms with E-state index in [9.17, 15) is 0 Å². The number of benzene rings is 1. The molecule has 1 unspecified atom stereocenters. The number of hydrogen-bond acceptors (Lipinski definition) is 0. The zero-order valence-corrected chi connectivity index (χ0v) is 17.1. The van der Waals surface area contributed by atoms with E-state index in [-0.39, 0.29) is 13.9 Å². The number of halogens is 1. The van der Waals surface area contributed by atoms with Gasteiger partial charge in [0.2, 0.25) is 0 Å². The van der Waals surface area contributed by atoms with E-state index in [0.717, 1.165) is 6.42 Å². The first-order chi connectivity index (χ1) is 8.98. The fourth-order valence-electron chi connectivity index (χ4n) is 3.71. The van der Waals surface area contributed by atoms with Crippen LogP contribution in [-0.2, 0) is 25.6 Å². The van der Waals surface area contributed by atoms with Gasteiger partial charge in [-0.2, -0.15) is 0 Å². The molecule has 1 atom stereocenters. The van der Waals surface area contributed by atoms with E-state index in [2.05, 4.69) is 91.9 Å². The first-order valence-electron chi connectivity index (χ1n) is 7.32. The molecule has 0 aromatic heterocycles. The summed E-state index contributed by atoms with van der Waals surface area (Å²) in [6.07, 6.45) is 1.08. The molecule has 0 nitrogen and oxygen atoms in total. The molecular formula is C17H29ClPPd. The Morgan fingerprint density at radius 1 is 1.00 bits per heavy atom. The standard InChI is InChI=1S/C17H29ClP.Pd/c1-8-14-9-11-15(12-10-14)19(13-18,16(2,3)4)17(5,6)7;/h9-13,19H,8H2,1-7H3;. The van der Waals surface area contributed by atoms with Gasteiger partial charge in [-0.3, -0.25) is 0 Å². The van der Waals surface area contributed by atoms with Gasteiger partial charge in [-0.1, -0.05) is 0 Å². The van der Waals surface area contributed by atoms with E-state index in [1.54, 1.807) is 0 Å². The maximum absolute atomic E-state index is 6.77. The first-order valence-corrected chi connectivity index (χ1v) is 10.7. The summed E-state index contributed by atoms with van der Waals surface area (Å²) in [5, 5.41) is 1.83. The summed E-state index contributed by atoms with van der Waals surface area (Å²) >= 11 is 10.2. The molecule has 0 fully saturated rings. The molecule has 0 aliphatic rings. The van der Waals surface area contributed by atoms with Gasteiger partial charge in [0.25, 0.3) is 0 Å². The average Bonchev–Trinajstić information content (AvgIpc) is 2.26. The van der Waals surface area contributed by atoms with Crippen LogP contribution >= 0.6 is 18.9 Å². The summed E-state index contributed by atoms with van der Waals surface area (Å²) in [6.45, 7) is 16.3. The van der Waals surface area contributed by atoms with Gasteiger partial charge in [0.05, 0.1) is 0 Å². The summed E-state index contributed by atoms with van der Waals surface area (Å²) in [6, 6.07) is 9.19. The third kappa shape index (κ3) is 3.18. The van der Waals surface area contributed by atoms with Crippen molar-refractivity contribution in [1.29, 1.82) is 0 Å². The molecular weight excluding hydrogens is 377 g/mol. The summed E-state index contributed by atoms with van der Waals surface area (Å²) in [5.74, 6) is 0. The van der Waals surface area contributed by atoms with Crippen LogP contribution in [0.4, 0.5) is 0 Å². The summed E-state index contributed by atoms with van der Waals surface area (Å²) < 4.78 is 0.0537. The Hall–Kier alpha value is 0.602. The average molecular weight is 406 g/mol. The minimum atomic E-state index is -1.99. The maximum atomic E-state index is 6.77. The van der Waals surface area contributed by atoms with Crippen LogP contribution in [0.1, 0.15) is 54.0 Å². The topological polar surface area (TPSA) is 0 Å². The van der Waals surface area contributed by atoms with E-state index in [1.807, 2.05) is 0 Å². The Morgan fingerprint density at radius 3 is 1.65 bits per heavy atom. The second-order valence-electron chi connectivity index (χ2n) is 7.63. The molecule has 0 aliphatic heterocycles. The number of aryl methyl sites for hydroxylation is 1. The molecule has 0 N–H and O–H groups in total. The Kier molecular flexibility index (Phi) is 5.95. The van der Waals surface area contributed by atoms with E-state index >= 15 is 0 Å². The summed E-state index contributed by atoms with van der Waals surface area (Å²) in [5.41, 5.74) is 1.39. The van der Waals surface area contributed by atoms with Crippen molar-refractivity contribution in [3.05, 3.63) is 29.8 Å². The van der Waals surface area contributed by atoms with Crippen LogP contribution in [0.15, 0.2) is 24.3 Å². The van der Waals surface area contributed by atoms with Crippen LogP contribution < -0.4 is 5.30 Å². The number of hydrogen-bond donors (Lipinski definition) is 0. The second-order valence-corrected chi connectivity index (χ2v) is 16.4. The van der Waals surface area contributed by atoms with Crippen molar-refractivity contribution >= 4 is 24.2 Å². The molecule has 0 amide bonds. The van der Waals surface area contributed by atoms with Gasteiger partial charge < -0.3 is 0 Å². The van der Waals surface area contributed by atoms with Crippen LogP contribution in [0, 0.1) is 0 Å². The van der Waals surface area contributed by atoms with Gasteiger partial charge in [-0.25, -0.2) is 0 Å². The Labute approximate surface area is 141 Å². The normalized spacial score (nSPS) is 16.1. The van der Waals surface area contributed by atoms with Gasteiger partial charge in [0, 0.05) is 0 Å². The van der Waals surface area contributed by atoms with Gasteiger partial charge in [-0.05, 0) is 0 Å². The van der Waals surface area contributed by atoms with Crippen molar-refractivity contribution in [3.63, 3.8) is 0 Å². The van der Waals surface area contributed by atoms with Crippen LogP contribution in [0.5, 0.6) is 0 Å². The van der Waals surface area contributed by atoms with Crippen LogP contribution in [0.3, 0.4) is 0 Å². The van der Waals surface area contributed by atoms with Gasteiger partial charge in [-0.15, -0.1) is 0 Å². The number of alkyl halides is 1. The molecule has 0 heterocycles. The molecule has 0 bridgehead atoms. The van der Waals surface area contributed by atoms with Crippen molar-refractivity contribution < 1.29 is 19.2 Å². The SMILES string of the molecule is CCc1ccc([PH]([CH](Cl)[Pd])(C(C)(C)C)C(C)(C)C)cc1. The van der Waals surface area contributed by atoms with Crippen molar-refractivity contribution in [2.45, 2.75) is 68.8 Å². The second kappa shape index (κ2) is 6.38. The third-order valence-corrected chi connectivity index (χ3v) is 14.1. The molecule has 0 radical (unpaired) electrons. The van der Waals surface area contributed by atoms with Crippen molar-refractivity contribution in [2.24, 2.45) is 0 Å². The van der Waals surface area contributed by atoms with Crippen molar-refractivity contribution in [3.8, 4) is 0 Å². The van der Waals surface area contributed by atoms with Crippen molar-refractivity contribution in [2.75, 3.05) is 0 Å².